The molecule has 0 bridgehead atoms. The standard InChI is InChI=1S/C33H35B/c1-21(2)28-18-29(22(3)4)33(30(19-28)23(5)6)34-31-14-10-9-11-24(31)15-16-27-17-25-12-7-8-13-26(25)20-32(27)34/h7-23H,1-6H3. The van der Waals surface area contributed by atoms with Crippen LogP contribution in [0.5, 0.6) is 0 Å². The molecule has 1 heteroatoms. The van der Waals surface area contributed by atoms with Gasteiger partial charge < -0.3 is 0 Å². The third-order valence-corrected chi connectivity index (χ3v) is 7.48. The van der Waals surface area contributed by atoms with E-state index in [-0.39, 0.29) is 6.71 Å². The zero-order valence-corrected chi connectivity index (χ0v) is 21.4. The molecule has 0 nitrogen and oxygen atoms in total. The van der Waals surface area contributed by atoms with Crippen LogP contribution in [0.2, 0.25) is 0 Å². The van der Waals surface area contributed by atoms with Crippen molar-refractivity contribution in [1.29, 1.82) is 0 Å². The number of hydrogen-bond acceptors (Lipinski definition) is 0. The first kappa shape index (κ1) is 22.7. The molecule has 0 atom stereocenters. The number of rotatable bonds is 4. The monoisotopic (exact) mass is 442 g/mol. The van der Waals surface area contributed by atoms with E-state index in [1.165, 1.54) is 55.0 Å². The summed E-state index contributed by atoms with van der Waals surface area (Å²) in [4.78, 5) is 0. The summed E-state index contributed by atoms with van der Waals surface area (Å²) in [5, 5.41) is 2.62. The molecule has 5 rings (SSSR count). The first-order chi connectivity index (χ1) is 16.3. The molecule has 0 spiro atoms. The van der Waals surface area contributed by atoms with Gasteiger partial charge >= 0.3 is 0 Å². The second kappa shape index (κ2) is 8.95. The summed E-state index contributed by atoms with van der Waals surface area (Å²) in [6, 6.07) is 27.6. The predicted molar refractivity (Wildman–Crippen MR) is 153 cm³/mol. The average Bonchev–Trinajstić information content (AvgIpc) is 2.98. The summed E-state index contributed by atoms with van der Waals surface area (Å²) in [5.74, 6) is 1.43. The summed E-state index contributed by atoms with van der Waals surface area (Å²) in [6.07, 6.45) is 4.64. The van der Waals surface area contributed by atoms with E-state index in [1.54, 1.807) is 0 Å². The lowest BCUT2D eigenvalue weighted by Crippen LogP contribution is -2.56. The summed E-state index contributed by atoms with van der Waals surface area (Å²) in [5.41, 5.74) is 11.4. The Morgan fingerprint density at radius 2 is 1.09 bits per heavy atom. The van der Waals surface area contributed by atoms with E-state index in [9.17, 15) is 0 Å². The van der Waals surface area contributed by atoms with Crippen molar-refractivity contribution >= 4 is 46.0 Å². The molecule has 34 heavy (non-hydrogen) atoms. The van der Waals surface area contributed by atoms with Gasteiger partial charge in [0, 0.05) is 0 Å². The zero-order valence-electron chi connectivity index (χ0n) is 21.4. The van der Waals surface area contributed by atoms with Gasteiger partial charge in [-0.25, -0.2) is 0 Å². The maximum absolute atomic E-state index is 2.50. The Bertz CT molecular complexity index is 1360. The summed E-state index contributed by atoms with van der Waals surface area (Å²) < 4.78 is 0. The molecule has 0 aliphatic carbocycles. The van der Waals surface area contributed by atoms with Crippen molar-refractivity contribution in [2.75, 3.05) is 0 Å². The molecule has 0 saturated carbocycles. The molecule has 1 aliphatic heterocycles. The van der Waals surface area contributed by atoms with E-state index >= 15 is 0 Å². The molecule has 0 unspecified atom stereocenters. The van der Waals surface area contributed by atoms with Crippen molar-refractivity contribution in [2.45, 2.75) is 59.3 Å². The fourth-order valence-electron chi connectivity index (χ4n) is 5.60. The Morgan fingerprint density at radius 1 is 0.529 bits per heavy atom. The first-order valence-corrected chi connectivity index (χ1v) is 12.8. The first-order valence-electron chi connectivity index (χ1n) is 12.8. The van der Waals surface area contributed by atoms with Crippen LogP contribution in [0.4, 0.5) is 0 Å². The highest BCUT2D eigenvalue weighted by Crippen LogP contribution is 2.28. The van der Waals surface area contributed by atoms with Crippen LogP contribution in [-0.2, 0) is 0 Å². The Labute approximate surface area is 205 Å². The lowest BCUT2D eigenvalue weighted by Gasteiger charge is -2.29. The summed E-state index contributed by atoms with van der Waals surface area (Å²) >= 11 is 0. The maximum atomic E-state index is 2.50. The molecule has 0 N–H and O–H groups in total. The Kier molecular flexibility index (Phi) is 5.98. The van der Waals surface area contributed by atoms with Crippen LogP contribution in [-0.4, -0.2) is 6.71 Å². The van der Waals surface area contributed by atoms with Gasteiger partial charge in [-0.15, -0.1) is 0 Å². The second-order valence-corrected chi connectivity index (χ2v) is 10.8. The Morgan fingerprint density at radius 3 is 1.71 bits per heavy atom. The molecular formula is C33H35B. The smallest absolute Gasteiger partial charge is 0.0664 e. The minimum absolute atomic E-state index is 0.210. The largest absolute Gasteiger partial charge is 0.243 e. The minimum Gasteiger partial charge on any atom is -0.0664 e. The van der Waals surface area contributed by atoms with Gasteiger partial charge in [0.2, 0.25) is 6.71 Å². The van der Waals surface area contributed by atoms with Crippen LogP contribution in [0.1, 0.15) is 87.1 Å². The van der Waals surface area contributed by atoms with Crippen molar-refractivity contribution in [3.8, 4) is 0 Å². The topological polar surface area (TPSA) is 0 Å². The van der Waals surface area contributed by atoms with E-state index in [4.69, 9.17) is 0 Å². The molecule has 0 radical (unpaired) electrons. The molecule has 1 heterocycles. The number of benzene rings is 4. The summed E-state index contributed by atoms with van der Waals surface area (Å²) in [7, 11) is 0. The maximum Gasteiger partial charge on any atom is 0.243 e. The third-order valence-electron chi connectivity index (χ3n) is 7.48. The van der Waals surface area contributed by atoms with Crippen molar-refractivity contribution in [3.05, 3.63) is 101 Å². The second-order valence-electron chi connectivity index (χ2n) is 10.8. The van der Waals surface area contributed by atoms with E-state index in [0.717, 1.165) is 0 Å². The van der Waals surface area contributed by atoms with Crippen molar-refractivity contribution in [1.82, 2.24) is 0 Å². The Hall–Kier alpha value is -3.06. The molecule has 4 aromatic rings. The van der Waals surface area contributed by atoms with Crippen molar-refractivity contribution < 1.29 is 0 Å². The average molecular weight is 442 g/mol. The van der Waals surface area contributed by atoms with Gasteiger partial charge in [0.25, 0.3) is 0 Å². The van der Waals surface area contributed by atoms with Crippen LogP contribution >= 0.6 is 0 Å². The summed E-state index contributed by atoms with van der Waals surface area (Å²) in [6.45, 7) is 14.3. The number of hydrogen-bond donors (Lipinski definition) is 0. The molecule has 0 aromatic heterocycles. The molecule has 0 saturated heterocycles. The number of fused-ring (bicyclic) bond motifs is 3. The van der Waals surface area contributed by atoms with Crippen LogP contribution in [0.25, 0.3) is 22.9 Å². The highest BCUT2D eigenvalue weighted by atomic mass is 14.2. The zero-order chi connectivity index (χ0) is 24.0. The molecule has 1 aliphatic rings. The quantitative estimate of drug-likeness (QED) is 0.258. The van der Waals surface area contributed by atoms with E-state index in [0.29, 0.717) is 17.8 Å². The van der Waals surface area contributed by atoms with E-state index in [2.05, 4.69) is 126 Å². The SMILES string of the molecule is CC(C)c1cc(C(C)C)c(B2c3ccccc3C=Cc3cc4ccccc4cc32)c(C(C)C)c1. The molecule has 4 aromatic carbocycles. The van der Waals surface area contributed by atoms with Gasteiger partial charge in [0.1, 0.15) is 0 Å². The predicted octanol–water partition coefficient (Wildman–Crippen LogP) is 7.21. The molecule has 0 amide bonds. The van der Waals surface area contributed by atoms with Gasteiger partial charge in [0.15, 0.2) is 0 Å². The lowest BCUT2D eigenvalue weighted by molar-refractivity contribution is 0.812. The lowest BCUT2D eigenvalue weighted by atomic mass is 9.33. The van der Waals surface area contributed by atoms with E-state index < -0.39 is 0 Å². The van der Waals surface area contributed by atoms with Crippen LogP contribution in [0.3, 0.4) is 0 Å². The normalized spacial score (nSPS) is 13.0. The van der Waals surface area contributed by atoms with Gasteiger partial charge in [-0.1, -0.05) is 137 Å². The van der Waals surface area contributed by atoms with Crippen molar-refractivity contribution in [2.24, 2.45) is 0 Å². The molecule has 170 valence electrons. The van der Waals surface area contributed by atoms with Gasteiger partial charge in [0.05, 0.1) is 0 Å². The van der Waals surface area contributed by atoms with Crippen molar-refractivity contribution in [3.63, 3.8) is 0 Å². The molecule has 0 fully saturated rings. The minimum atomic E-state index is 0.210. The fraction of sp³-hybridized carbons (Fsp3) is 0.273. The highest BCUT2D eigenvalue weighted by Gasteiger charge is 2.33. The third kappa shape index (κ3) is 3.92. The van der Waals surface area contributed by atoms with Crippen LogP contribution in [0, 0.1) is 0 Å². The highest BCUT2D eigenvalue weighted by molar-refractivity contribution is 6.97. The Balaban J connectivity index is 1.91. The van der Waals surface area contributed by atoms with Crippen LogP contribution < -0.4 is 16.4 Å². The fourth-order valence-corrected chi connectivity index (χ4v) is 5.60. The van der Waals surface area contributed by atoms with Crippen LogP contribution in [0.15, 0.2) is 72.8 Å². The van der Waals surface area contributed by atoms with Gasteiger partial charge in [-0.05, 0) is 62.4 Å². The van der Waals surface area contributed by atoms with E-state index in [1.807, 2.05) is 0 Å². The van der Waals surface area contributed by atoms with Gasteiger partial charge in [-0.2, -0.15) is 0 Å². The van der Waals surface area contributed by atoms with Gasteiger partial charge in [-0.3, -0.25) is 0 Å². The molecular weight excluding hydrogens is 407 g/mol.